The van der Waals surface area contributed by atoms with E-state index in [0.29, 0.717) is 12.2 Å². The quantitative estimate of drug-likeness (QED) is 0.867. The van der Waals surface area contributed by atoms with Crippen molar-refractivity contribution in [3.05, 3.63) is 65.2 Å². The maximum Gasteiger partial charge on any atom is 0.258 e. The van der Waals surface area contributed by atoms with Crippen molar-refractivity contribution in [3.8, 4) is 5.75 Å². The van der Waals surface area contributed by atoms with Gasteiger partial charge in [-0.3, -0.25) is 4.79 Å². The maximum absolute atomic E-state index is 12.1. The molecule has 1 amide bonds. The Kier molecular flexibility index (Phi) is 5.05. The average molecular weight is 353 g/mol. The fraction of sp³-hybridized carbons (Fsp3) is 0.409. The SMILES string of the molecule is CC(C)(C)c1ccc(OCC(=O)NCC2(O)CCc3ccccc32)cc1. The van der Waals surface area contributed by atoms with E-state index < -0.39 is 5.60 Å². The number of aliphatic hydroxyl groups is 1. The monoisotopic (exact) mass is 353 g/mol. The predicted molar refractivity (Wildman–Crippen MR) is 102 cm³/mol. The minimum atomic E-state index is -0.986. The molecule has 26 heavy (non-hydrogen) atoms. The molecule has 4 nitrogen and oxygen atoms in total. The number of ether oxygens (including phenoxy) is 1. The molecule has 0 bridgehead atoms. The summed E-state index contributed by atoms with van der Waals surface area (Å²) >= 11 is 0. The molecule has 0 heterocycles. The number of carbonyl (C=O) groups excluding carboxylic acids is 1. The molecule has 2 N–H and O–H groups in total. The van der Waals surface area contributed by atoms with E-state index in [0.717, 1.165) is 17.5 Å². The van der Waals surface area contributed by atoms with Crippen LogP contribution in [0.3, 0.4) is 0 Å². The molecule has 0 fully saturated rings. The zero-order valence-corrected chi connectivity index (χ0v) is 15.7. The van der Waals surface area contributed by atoms with Gasteiger partial charge in [0.2, 0.25) is 0 Å². The molecule has 0 aliphatic heterocycles. The molecule has 0 saturated heterocycles. The molecule has 0 aromatic heterocycles. The van der Waals surface area contributed by atoms with E-state index >= 15 is 0 Å². The molecule has 1 aliphatic carbocycles. The van der Waals surface area contributed by atoms with E-state index in [1.54, 1.807) is 0 Å². The first-order valence-electron chi connectivity index (χ1n) is 9.09. The third kappa shape index (κ3) is 4.07. The van der Waals surface area contributed by atoms with Crippen LogP contribution in [0.1, 0.15) is 43.9 Å². The molecular formula is C22H27NO3. The number of nitrogens with one attached hydrogen (secondary N) is 1. The van der Waals surface area contributed by atoms with Crippen molar-refractivity contribution in [2.75, 3.05) is 13.2 Å². The van der Waals surface area contributed by atoms with Crippen LogP contribution >= 0.6 is 0 Å². The van der Waals surface area contributed by atoms with Crippen molar-refractivity contribution in [1.29, 1.82) is 0 Å². The Morgan fingerprint density at radius 2 is 1.85 bits per heavy atom. The van der Waals surface area contributed by atoms with Crippen LogP contribution in [0.15, 0.2) is 48.5 Å². The molecule has 1 aliphatic rings. The fourth-order valence-corrected chi connectivity index (χ4v) is 3.35. The Morgan fingerprint density at radius 3 is 2.54 bits per heavy atom. The second-order valence-corrected chi connectivity index (χ2v) is 8.03. The molecule has 1 unspecified atom stereocenters. The highest BCUT2D eigenvalue weighted by molar-refractivity contribution is 5.77. The van der Waals surface area contributed by atoms with E-state index in [9.17, 15) is 9.90 Å². The van der Waals surface area contributed by atoms with Crippen LogP contribution in [-0.4, -0.2) is 24.2 Å². The summed E-state index contributed by atoms with van der Waals surface area (Å²) in [6.45, 7) is 6.61. The molecule has 0 radical (unpaired) electrons. The normalized spacial score (nSPS) is 19.1. The van der Waals surface area contributed by atoms with E-state index in [1.807, 2.05) is 48.5 Å². The first-order chi connectivity index (χ1) is 12.3. The summed E-state index contributed by atoms with van der Waals surface area (Å²) in [5, 5.41) is 13.6. The van der Waals surface area contributed by atoms with E-state index in [1.165, 1.54) is 5.56 Å². The highest BCUT2D eigenvalue weighted by Crippen LogP contribution is 2.36. The lowest BCUT2D eigenvalue weighted by Gasteiger charge is -2.24. The van der Waals surface area contributed by atoms with E-state index in [-0.39, 0.29) is 24.5 Å². The fourth-order valence-electron chi connectivity index (χ4n) is 3.35. The number of fused-ring (bicyclic) bond motifs is 1. The lowest BCUT2D eigenvalue weighted by atomic mass is 9.87. The Morgan fingerprint density at radius 1 is 1.15 bits per heavy atom. The van der Waals surface area contributed by atoms with Crippen molar-refractivity contribution >= 4 is 5.91 Å². The van der Waals surface area contributed by atoms with E-state index in [4.69, 9.17) is 4.74 Å². The van der Waals surface area contributed by atoms with Gasteiger partial charge in [-0.05, 0) is 47.1 Å². The first-order valence-corrected chi connectivity index (χ1v) is 9.09. The lowest BCUT2D eigenvalue weighted by Crippen LogP contribution is -2.41. The number of hydrogen-bond donors (Lipinski definition) is 2. The van der Waals surface area contributed by atoms with Crippen LogP contribution in [0.25, 0.3) is 0 Å². The van der Waals surface area contributed by atoms with Crippen LogP contribution in [0.2, 0.25) is 0 Å². The summed E-state index contributed by atoms with van der Waals surface area (Å²) in [5.41, 5.74) is 2.39. The summed E-state index contributed by atoms with van der Waals surface area (Å²) in [5.74, 6) is 0.431. The summed E-state index contributed by atoms with van der Waals surface area (Å²) < 4.78 is 5.56. The van der Waals surface area contributed by atoms with Gasteiger partial charge >= 0.3 is 0 Å². The number of rotatable bonds is 5. The van der Waals surface area contributed by atoms with Crippen molar-refractivity contribution < 1.29 is 14.6 Å². The summed E-state index contributed by atoms with van der Waals surface area (Å²) in [4.78, 5) is 12.1. The molecule has 1 atom stereocenters. The average Bonchev–Trinajstić information content (AvgIpc) is 2.96. The smallest absolute Gasteiger partial charge is 0.258 e. The number of benzene rings is 2. The topological polar surface area (TPSA) is 58.6 Å². The van der Waals surface area contributed by atoms with Crippen molar-refractivity contribution in [2.24, 2.45) is 0 Å². The third-order valence-corrected chi connectivity index (χ3v) is 4.99. The Bertz CT molecular complexity index is 777. The molecule has 0 spiro atoms. The minimum absolute atomic E-state index is 0.0629. The predicted octanol–water partition coefficient (Wildman–Crippen LogP) is 3.31. The van der Waals surface area contributed by atoms with Gasteiger partial charge in [0.25, 0.3) is 5.91 Å². The van der Waals surface area contributed by atoms with Gasteiger partial charge in [0.05, 0.1) is 6.54 Å². The Hall–Kier alpha value is -2.33. The second-order valence-electron chi connectivity index (χ2n) is 8.03. The highest BCUT2D eigenvalue weighted by atomic mass is 16.5. The van der Waals surface area contributed by atoms with Crippen molar-refractivity contribution in [2.45, 2.75) is 44.6 Å². The molecule has 2 aromatic rings. The first kappa shape index (κ1) is 18.5. The van der Waals surface area contributed by atoms with Crippen LogP contribution in [0.5, 0.6) is 5.75 Å². The molecule has 4 heteroatoms. The van der Waals surface area contributed by atoms with Gasteiger partial charge in [0.1, 0.15) is 11.4 Å². The van der Waals surface area contributed by atoms with Crippen molar-refractivity contribution in [1.82, 2.24) is 5.32 Å². The van der Waals surface area contributed by atoms with Crippen LogP contribution in [-0.2, 0) is 22.2 Å². The zero-order chi connectivity index (χ0) is 18.8. The molecule has 2 aromatic carbocycles. The Balaban J connectivity index is 1.51. The van der Waals surface area contributed by atoms with Crippen LogP contribution in [0, 0.1) is 0 Å². The molecule has 138 valence electrons. The number of hydrogen-bond acceptors (Lipinski definition) is 3. The summed E-state index contributed by atoms with van der Waals surface area (Å²) in [7, 11) is 0. The van der Waals surface area contributed by atoms with Gasteiger partial charge in [-0.1, -0.05) is 57.2 Å². The lowest BCUT2D eigenvalue weighted by molar-refractivity contribution is -0.124. The molecule has 0 saturated carbocycles. The van der Waals surface area contributed by atoms with E-state index in [2.05, 4.69) is 26.1 Å². The number of aryl methyl sites for hydroxylation is 1. The van der Waals surface area contributed by atoms with Gasteiger partial charge in [-0.15, -0.1) is 0 Å². The summed E-state index contributed by atoms with van der Waals surface area (Å²) in [6, 6.07) is 15.7. The van der Waals surface area contributed by atoms with Gasteiger partial charge in [-0.25, -0.2) is 0 Å². The van der Waals surface area contributed by atoms with Gasteiger partial charge in [-0.2, -0.15) is 0 Å². The molecular weight excluding hydrogens is 326 g/mol. The Labute approximate surface area is 155 Å². The van der Waals surface area contributed by atoms with Gasteiger partial charge < -0.3 is 15.2 Å². The highest BCUT2D eigenvalue weighted by Gasteiger charge is 2.36. The second kappa shape index (κ2) is 7.12. The van der Waals surface area contributed by atoms with Crippen LogP contribution in [0.4, 0.5) is 0 Å². The van der Waals surface area contributed by atoms with Gasteiger partial charge in [0, 0.05) is 0 Å². The summed E-state index contributed by atoms with van der Waals surface area (Å²) in [6.07, 6.45) is 1.46. The van der Waals surface area contributed by atoms with Crippen LogP contribution < -0.4 is 10.1 Å². The van der Waals surface area contributed by atoms with Gasteiger partial charge in [0.15, 0.2) is 6.61 Å². The maximum atomic E-state index is 12.1. The number of amides is 1. The third-order valence-electron chi connectivity index (χ3n) is 4.99. The number of carbonyl (C=O) groups is 1. The standard InChI is InChI=1S/C22H27NO3/c1-21(2,3)17-8-10-18(11-9-17)26-14-20(24)23-15-22(25)13-12-16-6-4-5-7-19(16)22/h4-11,25H,12-15H2,1-3H3,(H,23,24). The van der Waals surface area contributed by atoms with Crippen molar-refractivity contribution in [3.63, 3.8) is 0 Å². The molecule has 3 rings (SSSR count). The zero-order valence-electron chi connectivity index (χ0n) is 15.7. The largest absolute Gasteiger partial charge is 0.484 e. The minimum Gasteiger partial charge on any atom is -0.484 e.